The third-order valence-electron chi connectivity index (χ3n) is 5.50. The lowest BCUT2D eigenvalue weighted by molar-refractivity contribution is -0.929. The van der Waals surface area contributed by atoms with Crippen LogP contribution in [0.15, 0.2) is 45.6 Å². The number of hydrogen-bond acceptors (Lipinski definition) is 3. The minimum absolute atomic E-state index is 0.278. The third kappa shape index (κ3) is 2.90. The van der Waals surface area contributed by atoms with Gasteiger partial charge in [0, 0.05) is 23.4 Å². The highest BCUT2D eigenvalue weighted by molar-refractivity contribution is 5.86. The van der Waals surface area contributed by atoms with Gasteiger partial charge in [0.15, 0.2) is 5.58 Å². The molecule has 0 bridgehead atoms. The van der Waals surface area contributed by atoms with Crippen molar-refractivity contribution in [1.82, 2.24) is 0 Å². The van der Waals surface area contributed by atoms with Gasteiger partial charge in [-0.15, -0.1) is 0 Å². The molecule has 0 amide bonds. The molecule has 2 N–H and O–H groups in total. The van der Waals surface area contributed by atoms with Gasteiger partial charge in [0.2, 0.25) is 0 Å². The topological polar surface area (TPSA) is 54.9 Å². The monoisotopic (exact) mass is 350 g/mol. The van der Waals surface area contributed by atoms with Crippen LogP contribution in [0.4, 0.5) is 0 Å². The fraction of sp³-hybridized carbons (Fsp3) is 0.318. The number of phenolic OH excluding ortho intramolecular Hbond substituents is 1. The first kappa shape index (κ1) is 16.9. The van der Waals surface area contributed by atoms with Crippen molar-refractivity contribution in [2.45, 2.75) is 39.8 Å². The van der Waals surface area contributed by atoms with E-state index in [1.165, 1.54) is 22.1 Å². The van der Waals surface area contributed by atoms with Crippen molar-refractivity contribution >= 4 is 11.0 Å². The SMILES string of the molecule is CCc1cc2c(C)cc(=O)oc2c(C[NH+]2CCc3ccccc3C2)c1O. The summed E-state index contributed by atoms with van der Waals surface area (Å²) in [6.45, 7) is 6.53. The molecular formula is C22H24NO3+. The van der Waals surface area contributed by atoms with Crippen molar-refractivity contribution in [3.05, 3.63) is 74.6 Å². The number of rotatable bonds is 3. The Bertz CT molecular complexity index is 1040. The quantitative estimate of drug-likeness (QED) is 0.714. The van der Waals surface area contributed by atoms with Crippen LogP contribution in [0, 0.1) is 6.92 Å². The molecule has 4 heteroatoms. The summed E-state index contributed by atoms with van der Waals surface area (Å²) in [5.41, 5.74) is 5.51. The Morgan fingerprint density at radius 1 is 1.19 bits per heavy atom. The van der Waals surface area contributed by atoms with Crippen LogP contribution in [-0.4, -0.2) is 11.7 Å². The molecule has 1 aromatic heterocycles. The predicted octanol–water partition coefficient (Wildman–Crippen LogP) is 2.51. The zero-order chi connectivity index (χ0) is 18.3. The molecule has 1 unspecified atom stereocenters. The highest BCUT2D eigenvalue weighted by Crippen LogP contribution is 2.32. The Morgan fingerprint density at radius 3 is 2.73 bits per heavy atom. The lowest BCUT2D eigenvalue weighted by Crippen LogP contribution is -3.10. The molecule has 1 atom stereocenters. The zero-order valence-corrected chi connectivity index (χ0v) is 15.3. The highest BCUT2D eigenvalue weighted by Gasteiger charge is 2.24. The molecule has 4 rings (SSSR count). The second-order valence-electron chi connectivity index (χ2n) is 7.21. The third-order valence-corrected chi connectivity index (χ3v) is 5.50. The molecule has 26 heavy (non-hydrogen) atoms. The summed E-state index contributed by atoms with van der Waals surface area (Å²) in [6, 6.07) is 12.0. The number of phenols is 1. The predicted molar refractivity (Wildman–Crippen MR) is 102 cm³/mol. The summed E-state index contributed by atoms with van der Waals surface area (Å²) in [4.78, 5) is 13.3. The lowest BCUT2D eigenvalue weighted by Gasteiger charge is -2.26. The molecule has 3 aromatic rings. The maximum absolute atomic E-state index is 11.9. The first-order valence-electron chi connectivity index (χ1n) is 9.25. The summed E-state index contributed by atoms with van der Waals surface area (Å²) in [7, 11) is 0. The van der Waals surface area contributed by atoms with Gasteiger partial charge < -0.3 is 14.4 Å². The number of fused-ring (bicyclic) bond motifs is 2. The summed E-state index contributed by atoms with van der Waals surface area (Å²) in [5, 5.41) is 11.7. The molecule has 4 nitrogen and oxygen atoms in total. The fourth-order valence-corrected chi connectivity index (χ4v) is 4.04. The van der Waals surface area contributed by atoms with E-state index in [9.17, 15) is 9.90 Å². The smallest absolute Gasteiger partial charge is 0.336 e. The van der Waals surface area contributed by atoms with Crippen LogP contribution in [0.5, 0.6) is 5.75 Å². The molecule has 0 radical (unpaired) electrons. The normalized spacial score (nSPS) is 16.6. The molecular weight excluding hydrogens is 326 g/mol. The van der Waals surface area contributed by atoms with E-state index < -0.39 is 0 Å². The van der Waals surface area contributed by atoms with E-state index >= 15 is 0 Å². The number of aryl methyl sites for hydroxylation is 2. The molecule has 134 valence electrons. The van der Waals surface area contributed by atoms with E-state index in [1.807, 2.05) is 19.9 Å². The van der Waals surface area contributed by atoms with Crippen LogP contribution in [-0.2, 0) is 25.9 Å². The number of aromatic hydroxyl groups is 1. The van der Waals surface area contributed by atoms with Crippen LogP contribution in [0.2, 0.25) is 0 Å². The molecule has 0 aliphatic carbocycles. The van der Waals surface area contributed by atoms with E-state index in [0.29, 0.717) is 12.1 Å². The van der Waals surface area contributed by atoms with Crippen molar-refractivity contribution in [2.24, 2.45) is 0 Å². The van der Waals surface area contributed by atoms with Crippen molar-refractivity contribution in [3.63, 3.8) is 0 Å². The van der Waals surface area contributed by atoms with Crippen molar-refractivity contribution in [1.29, 1.82) is 0 Å². The van der Waals surface area contributed by atoms with E-state index in [2.05, 4.69) is 24.3 Å². The van der Waals surface area contributed by atoms with Crippen LogP contribution >= 0.6 is 0 Å². The maximum atomic E-state index is 11.9. The first-order chi connectivity index (χ1) is 12.6. The summed E-state index contributed by atoms with van der Waals surface area (Å²) in [5.74, 6) is 0.278. The van der Waals surface area contributed by atoms with Gasteiger partial charge >= 0.3 is 5.63 Å². The van der Waals surface area contributed by atoms with Gasteiger partial charge in [-0.1, -0.05) is 31.2 Å². The van der Waals surface area contributed by atoms with Gasteiger partial charge in [-0.25, -0.2) is 4.79 Å². The first-order valence-corrected chi connectivity index (χ1v) is 9.25. The lowest BCUT2D eigenvalue weighted by atomic mass is 9.97. The van der Waals surface area contributed by atoms with Gasteiger partial charge in [0.05, 0.1) is 12.1 Å². The molecule has 2 heterocycles. The summed E-state index contributed by atoms with van der Waals surface area (Å²) >= 11 is 0. The number of hydrogen-bond donors (Lipinski definition) is 2. The molecule has 0 saturated carbocycles. The zero-order valence-electron chi connectivity index (χ0n) is 15.3. The van der Waals surface area contributed by atoms with Gasteiger partial charge in [-0.2, -0.15) is 0 Å². The minimum Gasteiger partial charge on any atom is -0.507 e. The maximum Gasteiger partial charge on any atom is 0.336 e. The Hall–Kier alpha value is -2.59. The van der Waals surface area contributed by atoms with Crippen molar-refractivity contribution in [3.8, 4) is 5.75 Å². The van der Waals surface area contributed by atoms with Crippen LogP contribution in [0.25, 0.3) is 11.0 Å². The largest absolute Gasteiger partial charge is 0.507 e. The second kappa shape index (κ2) is 6.61. The summed E-state index contributed by atoms with van der Waals surface area (Å²) in [6.07, 6.45) is 1.77. The highest BCUT2D eigenvalue weighted by atomic mass is 16.4. The van der Waals surface area contributed by atoms with Crippen molar-refractivity contribution in [2.75, 3.05) is 6.54 Å². The Labute approximate surface area is 152 Å². The van der Waals surface area contributed by atoms with E-state index in [4.69, 9.17) is 4.42 Å². The number of nitrogens with one attached hydrogen (secondary N) is 1. The molecule has 1 aliphatic heterocycles. The second-order valence-corrected chi connectivity index (χ2v) is 7.21. The van der Waals surface area contributed by atoms with Gasteiger partial charge in [-0.3, -0.25) is 0 Å². The minimum atomic E-state index is -0.362. The average Bonchev–Trinajstić information content (AvgIpc) is 2.64. The molecule has 0 saturated heterocycles. The van der Waals surface area contributed by atoms with E-state index in [-0.39, 0.29) is 11.4 Å². The number of quaternary nitrogens is 1. The van der Waals surface area contributed by atoms with E-state index in [1.54, 1.807) is 0 Å². The Balaban J connectivity index is 1.79. The molecule has 0 fully saturated rings. The average molecular weight is 350 g/mol. The molecule has 1 aliphatic rings. The number of benzene rings is 2. The van der Waals surface area contributed by atoms with Crippen LogP contribution < -0.4 is 10.5 Å². The van der Waals surface area contributed by atoms with Crippen LogP contribution in [0.3, 0.4) is 0 Å². The van der Waals surface area contributed by atoms with Crippen molar-refractivity contribution < 1.29 is 14.4 Å². The van der Waals surface area contributed by atoms with E-state index in [0.717, 1.165) is 48.0 Å². The fourth-order valence-electron chi connectivity index (χ4n) is 4.04. The Kier molecular flexibility index (Phi) is 4.29. The molecule has 2 aromatic carbocycles. The van der Waals surface area contributed by atoms with Crippen LogP contribution in [0.1, 0.15) is 34.7 Å². The van der Waals surface area contributed by atoms with Gasteiger partial charge in [0.1, 0.15) is 18.8 Å². The standard InChI is InChI=1S/C22H23NO3/c1-3-15-11-18-14(2)10-20(24)26-22(18)19(21(15)25)13-23-9-8-16-6-4-5-7-17(16)12-23/h4-7,10-11,25H,3,8-9,12-13H2,1-2H3/p+1. The summed E-state index contributed by atoms with van der Waals surface area (Å²) < 4.78 is 5.54. The van der Waals surface area contributed by atoms with Gasteiger partial charge in [0.25, 0.3) is 0 Å². The Morgan fingerprint density at radius 2 is 1.96 bits per heavy atom. The molecule has 0 spiro atoms. The van der Waals surface area contributed by atoms with Gasteiger partial charge in [-0.05, 0) is 36.1 Å².